The van der Waals surface area contributed by atoms with Gasteiger partial charge in [0, 0.05) is 17.0 Å². The number of carbonyl (C=O) groups excluding carboxylic acids is 1. The van der Waals surface area contributed by atoms with E-state index < -0.39 is 53.2 Å². The van der Waals surface area contributed by atoms with Crippen molar-refractivity contribution in [1.29, 1.82) is 0 Å². The summed E-state index contributed by atoms with van der Waals surface area (Å²) < 4.78 is 94.2. The molecule has 1 aromatic heterocycles. The topological polar surface area (TPSA) is 61.6 Å². The molecule has 0 spiro atoms. The Morgan fingerprint density at radius 3 is 2.12 bits per heavy atom. The Balaban J connectivity index is 1.48. The third-order valence-corrected chi connectivity index (χ3v) is 4.30. The van der Waals surface area contributed by atoms with E-state index in [1.807, 2.05) is 0 Å². The van der Waals surface area contributed by atoms with Gasteiger partial charge in [-0.15, -0.1) is 0 Å². The van der Waals surface area contributed by atoms with Gasteiger partial charge in [-0.1, -0.05) is 5.16 Å². The highest BCUT2D eigenvalue weighted by Gasteiger charge is 2.27. The monoisotopic (exact) mass is 453 g/mol. The van der Waals surface area contributed by atoms with E-state index in [0.717, 1.165) is 0 Å². The number of halogens is 6. The average molecular weight is 453 g/mol. The van der Waals surface area contributed by atoms with Gasteiger partial charge in [0.1, 0.15) is 17.3 Å². The average Bonchev–Trinajstić information content (AvgIpc) is 3.20. The Labute approximate surface area is 174 Å². The predicted octanol–water partition coefficient (Wildman–Crippen LogP) is 5.31. The zero-order chi connectivity index (χ0) is 23.0. The molecule has 164 valence electrons. The Morgan fingerprint density at radius 1 is 0.844 bits per heavy atom. The zero-order valence-electron chi connectivity index (χ0n) is 15.6. The molecule has 32 heavy (non-hydrogen) atoms. The summed E-state index contributed by atoms with van der Waals surface area (Å²) in [6.07, 6.45) is 0. The molecule has 4 aromatic rings. The van der Waals surface area contributed by atoms with Crippen molar-refractivity contribution in [2.24, 2.45) is 0 Å². The first-order valence-electron chi connectivity index (χ1n) is 8.76. The molecule has 5 nitrogen and oxygen atoms in total. The van der Waals surface area contributed by atoms with Crippen molar-refractivity contribution in [2.75, 3.05) is 6.61 Å². The minimum atomic E-state index is -2.35. The van der Waals surface area contributed by atoms with E-state index in [1.54, 1.807) is 0 Å². The minimum Gasteiger partial charge on any atom is -0.476 e. The molecule has 0 amide bonds. The van der Waals surface area contributed by atoms with E-state index >= 15 is 0 Å². The van der Waals surface area contributed by atoms with Crippen LogP contribution in [-0.2, 0) is 4.79 Å². The van der Waals surface area contributed by atoms with Crippen LogP contribution >= 0.6 is 0 Å². The van der Waals surface area contributed by atoms with E-state index in [4.69, 9.17) is 9.26 Å². The third-order valence-electron chi connectivity index (χ3n) is 4.30. The summed E-state index contributed by atoms with van der Waals surface area (Å²) >= 11 is 0. The molecule has 0 unspecified atom stereocenters. The quantitative estimate of drug-likeness (QED) is 0.135. The normalized spacial score (nSPS) is 11.1. The first-order valence-corrected chi connectivity index (χ1v) is 8.76. The predicted molar refractivity (Wildman–Crippen MR) is 96.8 cm³/mol. The fourth-order valence-corrected chi connectivity index (χ4v) is 2.80. The van der Waals surface area contributed by atoms with E-state index in [1.165, 1.54) is 42.5 Å². The van der Waals surface area contributed by atoms with Crippen molar-refractivity contribution in [3.8, 4) is 22.8 Å². The van der Waals surface area contributed by atoms with E-state index in [0.29, 0.717) is 16.6 Å². The highest BCUT2D eigenvalue weighted by atomic mass is 19.2. The molecule has 0 aliphatic rings. The van der Waals surface area contributed by atoms with Gasteiger partial charge in [0.2, 0.25) is 29.1 Å². The van der Waals surface area contributed by atoms with Gasteiger partial charge >= 0.3 is 5.97 Å². The number of fused-ring (bicyclic) bond motifs is 1. The maximum absolute atomic E-state index is 13.6. The van der Waals surface area contributed by atoms with Crippen LogP contribution in [0.15, 0.2) is 47.0 Å². The van der Waals surface area contributed by atoms with E-state index in [9.17, 15) is 31.1 Å². The van der Waals surface area contributed by atoms with Gasteiger partial charge in [-0.05, 0) is 36.4 Å². The molecular weight excluding hydrogens is 444 g/mol. The fraction of sp³-hybridized carbons (Fsp3) is 0.0476. The van der Waals surface area contributed by atoms with Crippen LogP contribution in [0.5, 0.6) is 11.5 Å². The van der Waals surface area contributed by atoms with Crippen LogP contribution in [-0.4, -0.2) is 17.7 Å². The minimum absolute atomic E-state index is 0.0645. The Bertz CT molecular complexity index is 1310. The summed E-state index contributed by atoms with van der Waals surface area (Å²) in [5.74, 6) is -14.5. The van der Waals surface area contributed by atoms with Crippen molar-refractivity contribution < 1.29 is 45.1 Å². The Kier molecular flexibility index (Phi) is 5.47. The van der Waals surface area contributed by atoms with Gasteiger partial charge < -0.3 is 14.0 Å². The highest BCUT2D eigenvalue weighted by Crippen LogP contribution is 2.31. The molecule has 0 aliphatic carbocycles. The molecule has 0 saturated heterocycles. The van der Waals surface area contributed by atoms with Gasteiger partial charge in [-0.25, -0.2) is 22.4 Å². The lowest BCUT2D eigenvalue weighted by Crippen LogP contribution is -2.19. The Hall–Kier alpha value is -4.02. The van der Waals surface area contributed by atoms with Gasteiger partial charge in [-0.2, -0.15) is 8.78 Å². The summed E-state index contributed by atoms with van der Waals surface area (Å²) in [7, 11) is 0. The van der Waals surface area contributed by atoms with Crippen molar-refractivity contribution in [2.45, 2.75) is 0 Å². The largest absolute Gasteiger partial charge is 0.476 e. The molecule has 0 bridgehead atoms. The molecule has 0 saturated carbocycles. The van der Waals surface area contributed by atoms with Crippen LogP contribution in [0, 0.1) is 34.9 Å². The van der Waals surface area contributed by atoms with Crippen molar-refractivity contribution in [3.63, 3.8) is 0 Å². The second-order valence-electron chi connectivity index (χ2n) is 6.36. The first-order chi connectivity index (χ1) is 15.3. The fourth-order valence-electron chi connectivity index (χ4n) is 2.80. The number of aromatic nitrogens is 1. The first kappa shape index (κ1) is 21.2. The highest BCUT2D eigenvalue weighted by molar-refractivity contribution is 5.92. The standard InChI is InChI=1S/C21H9F6NO4/c22-10-3-1-9(2-4-10)20-12-6-5-11(7-13(12)32-28-20)31-14(29)8-30-21-18(26)16(24)15(23)17(25)19(21)27/h1-7H,8H2. The molecule has 0 atom stereocenters. The number of benzene rings is 3. The second-order valence-corrected chi connectivity index (χ2v) is 6.36. The van der Waals surface area contributed by atoms with Gasteiger partial charge in [0.25, 0.3) is 0 Å². The molecule has 11 heteroatoms. The van der Waals surface area contributed by atoms with E-state index in [2.05, 4.69) is 9.89 Å². The number of carbonyl (C=O) groups is 1. The van der Waals surface area contributed by atoms with E-state index in [-0.39, 0.29) is 11.3 Å². The second kappa shape index (κ2) is 8.25. The zero-order valence-corrected chi connectivity index (χ0v) is 15.6. The third kappa shape index (κ3) is 3.84. The maximum atomic E-state index is 13.6. The van der Waals surface area contributed by atoms with Gasteiger partial charge in [-0.3, -0.25) is 0 Å². The van der Waals surface area contributed by atoms with Crippen LogP contribution in [0.4, 0.5) is 26.3 Å². The van der Waals surface area contributed by atoms with Crippen molar-refractivity contribution in [1.82, 2.24) is 5.16 Å². The molecule has 1 heterocycles. The van der Waals surface area contributed by atoms with Crippen LogP contribution in [0.2, 0.25) is 0 Å². The number of hydrogen-bond acceptors (Lipinski definition) is 5. The molecule has 0 fully saturated rings. The molecule has 3 aromatic carbocycles. The summed E-state index contributed by atoms with van der Waals surface area (Å²) in [4.78, 5) is 11.9. The summed E-state index contributed by atoms with van der Waals surface area (Å²) in [5.41, 5.74) is 1.19. The number of ether oxygens (including phenoxy) is 2. The number of rotatable bonds is 5. The van der Waals surface area contributed by atoms with Crippen LogP contribution in [0.3, 0.4) is 0 Å². The SMILES string of the molecule is O=C(COc1c(F)c(F)c(F)c(F)c1F)Oc1ccc2c(-c3ccc(F)cc3)noc2c1. The lowest BCUT2D eigenvalue weighted by molar-refractivity contribution is -0.136. The molecule has 0 radical (unpaired) electrons. The van der Waals surface area contributed by atoms with Crippen LogP contribution < -0.4 is 9.47 Å². The molecule has 4 rings (SSSR count). The lowest BCUT2D eigenvalue weighted by atomic mass is 10.1. The Morgan fingerprint density at radius 2 is 1.47 bits per heavy atom. The number of esters is 1. The van der Waals surface area contributed by atoms with Crippen LogP contribution in [0.25, 0.3) is 22.2 Å². The smallest absolute Gasteiger partial charge is 0.349 e. The van der Waals surface area contributed by atoms with Gasteiger partial charge in [0.15, 0.2) is 17.9 Å². The maximum Gasteiger partial charge on any atom is 0.349 e. The number of hydrogen-bond donors (Lipinski definition) is 0. The van der Waals surface area contributed by atoms with Crippen molar-refractivity contribution >= 4 is 16.9 Å². The summed E-state index contributed by atoms with van der Waals surface area (Å²) in [6, 6.07) is 9.62. The summed E-state index contributed by atoms with van der Waals surface area (Å²) in [5, 5.41) is 4.41. The lowest BCUT2D eigenvalue weighted by Gasteiger charge is -2.10. The summed E-state index contributed by atoms with van der Waals surface area (Å²) in [6.45, 7) is -1.15. The van der Waals surface area contributed by atoms with Gasteiger partial charge in [0.05, 0.1) is 0 Å². The molecule has 0 aliphatic heterocycles. The molecule has 0 N–H and O–H groups in total. The molecular formula is C21H9F6NO4. The van der Waals surface area contributed by atoms with Crippen LogP contribution in [0.1, 0.15) is 0 Å². The number of nitrogens with zero attached hydrogens (tertiary/aromatic N) is 1. The van der Waals surface area contributed by atoms with Crippen molar-refractivity contribution in [3.05, 3.63) is 77.4 Å².